The summed E-state index contributed by atoms with van der Waals surface area (Å²) in [7, 11) is 1.63. The molecule has 2 amide bonds. The van der Waals surface area contributed by atoms with Crippen LogP contribution in [0.2, 0.25) is 0 Å². The molecule has 1 aliphatic rings. The fraction of sp³-hybridized carbons (Fsp3) is 0.867. The third-order valence-electron chi connectivity index (χ3n) is 4.16. The van der Waals surface area contributed by atoms with Gasteiger partial charge in [-0.1, -0.05) is 33.6 Å². The van der Waals surface area contributed by atoms with Crippen molar-refractivity contribution in [3.63, 3.8) is 0 Å². The van der Waals surface area contributed by atoms with Crippen molar-refractivity contribution in [1.82, 2.24) is 10.2 Å². The quantitative estimate of drug-likeness (QED) is 0.772. The van der Waals surface area contributed by atoms with E-state index < -0.39 is 6.04 Å². The molecule has 0 aromatic carbocycles. The lowest BCUT2D eigenvalue weighted by molar-refractivity contribution is -0.152. The molecule has 4 atom stereocenters. The minimum Gasteiger partial charge on any atom is -0.380 e. The predicted octanol–water partition coefficient (Wildman–Crippen LogP) is 1.56. The van der Waals surface area contributed by atoms with Gasteiger partial charge in [-0.25, -0.2) is 0 Å². The smallest absolute Gasteiger partial charge is 0.246 e. The van der Waals surface area contributed by atoms with Crippen LogP contribution in [0.4, 0.5) is 0 Å². The van der Waals surface area contributed by atoms with E-state index in [9.17, 15) is 9.59 Å². The van der Waals surface area contributed by atoms with Crippen LogP contribution in [0, 0.1) is 5.92 Å². The van der Waals surface area contributed by atoms with E-state index >= 15 is 0 Å². The number of amides is 2. The third kappa shape index (κ3) is 3.72. The average molecular weight is 284 g/mol. The van der Waals surface area contributed by atoms with Gasteiger partial charge >= 0.3 is 0 Å². The molecule has 0 aliphatic carbocycles. The van der Waals surface area contributed by atoms with E-state index in [1.807, 2.05) is 27.7 Å². The van der Waals surface area contributed by atoms with Crippen molar-refractivity contribution < 1.29 is 14.3 Å². The van der Waals surface area contributed by atoms with E-state index in [1.165, 1.54) is 0 Å². The van der Waals surface area contributed by atoms with Crippen molar-refractivity contribution in [2.45, 2.75) is 65.1 Å². The van der Waals surface area contributed by atoms with Crippen LogP contribution in [0.3, 0.4) is 0 Å². The predicted molar refractivity (Wildman–Crippen MR) is 78.3 cm³/mol. The van der Waals surface area contributed by atoms with Crippen molar-refractivity contribution >= 4 is 11.8 Å². The zero-order valence-electron chi connectivity index (χ0n) is 13.3. The van der Waals surface area contributed by atoms with E-state index in [-0.39, 0.29) is 29.9 Å². The Bertz CT molecular complexity index is 346. The lowest BCUT2D eigenvalue weighted by atomic mass is 9.93. The first-order valence-electron chi connectivity index (χ1n) is 7.59. The zero-order valence-corrected chi connectivity index (χ0v) is 13.3. The normalized spacial score (nSPS) is 26.4. The number of ether oxygens (including phenoxy) is 1. The molecule has 0 aromatic heterocycles. The summed E-state index contributed by atoms with van der Waals surface area (Å²) in [5.41, 5.74) is 0. The highest BCUT2D eigenvalue weighted by Gasteiger charge is 2.41. The first-order valence-corrected chi connectivity index (χ1v) is 7.59. The lowest BCUT2D eigenvalue weighted by Crippen LogP contribution is -2.65. The second-order valence-electron chi connectivity index (χ2n) is 5.71. The number of nitrogens with zero attached hydrogens (tertiary/aromatic N) is 1. The Morgan fingerprint density at radius 1 is 1.30 bits per heavy atom. The molecule has 20 heavy (non-hydrogen) atoms. The van der Waals surface area contributed by atoms with E-state index in [4.69, 9.17) is 4.74 Å². The van der Waals surface area contributed by atoms with Gasteiger partial charge in [0, 0.05) is 13.7 Å². The SMILES string of the molecule is CCCC1C(=O)NC(C(C)CC)C(=O)N1CC(C)OC. The van der Waals surface area contributed by atoms with Crippen LogP contribution in [-0.4, -0.2) is 48.6 Å². The number of methoxy groups -OCH3 is 1. The molecule has 4 unspecified atom stereocenters. The number of hydrogen-bond donors (Lipinski definition) is 1. The summed E-state index contributed by atoms with van der Waals surface area (Å²) >= 11 is 0. The maximum absolute atomic E-state index is 12.7. The van der Waals surface area contributed by atoms with Crippen LogP contribution in [0.15, 0.2) is 0 Å². The first kappa shape index (κ1) is 17.0. The van der Waals surface area contributed by atoms with Crippen LogP contribution < -0.4 is 5.32 Å². The molecule has 5 heteroatoms. The Morgan fingerprint density at radius 3 is 2.45 bits per heavy atom. The molecule has 116 valence electrons. The molecular formula is C15H28N2O3. The molecule has 1 heterocycles. The van der Waals surface area contributed by atoms with Crippen LogP contribution >= 0.6 is 0 Å². The highest BCUT2D eigenvalue weighted by Crippen LogP contribution is 2.21. The minimum absolute atomic E-state index is 0.0277. The second-order valence-corrected chi connectivity index (χ2v) is 5.71. The fourth-order valence-electron chi connectivity index (χ4n) is 2.54. The van der Waals surface area contributed by atoms with Gasteiger partial charge in [0.2, 0.25) is 11.8 Å². The summed E-state index contributed by atoms with van der Waals surface area (Å²) in [5.74, 6) is 0.149. The van der Waals surface area contributed by atoms with Gasteiger partial charge in [-0.15, -0.1) is 0 Å². The molecular weight excluding hydrogens is 256 g/mol. The third-order valence-corrected chi connectivity index (χ3v) is 4.16. The van der Waals surface area contributed by atoms with Crippen LogP contribution in [0.1, 0.15) is 47.0 Å². The molecule has 1 saturated heterocycles. The van der Waals surface area contributed by atoms with Gasteiger partial charge in [-0.2, -0.15) is 0 Å². The molecule has 0 saturated carbocycles. The molecule has 1 N–H and O–H groups in total. The van der Waals surface area contributed by atoms with Crippen molar-refractivity contribution in [2.24, 2.45) is 5.92 Å². The molecule has 0 radical (unpaired) electrons. The summed E-state index contributed by atoms with van der Waals surface area (Å²) in [6.07, 6.45) is 2.36. The molecule has 1 aliphatic heterocycles. The van der Waals surface area contributed by atoms with Gasteiger partial charge in [-0.3, -0.25) is 9.59 Å². The maximum atomic E-state index is 12.7. The monoisotopic (exact) mass is 284 g/mol. The summed E-state index contributed by atoms with van der Waals surface area (Å²) in [5, 5.41) is 2.90. The summed E-state index contributed by atoms with van der Waals surface area (Å²) in [6.45, 7) is 8.45. The Kier molecular flexibility index (Phi) is 6.46. The Balaban J connectivity index is 2.94. The van der Waals surface area contributed by atoms with Crippen LogP contribution in [0.25, 0.3) is 0 Å². The maximum Gasteiger partial charge on any atom is 0.246 e. The van der Waals surface area contributed by atoms with E-state index in [0.29, 0.717) is 13.0 Å². The number of rotatable bonds is 7. The van der Waals surface area contributed by atoms with Gasteiger partial charge in [0.1, 0.15) is 12.1 Å². The number of nitrogens with one attached hydrogen (secondary N) is 1. The number of piperazine rings is 1. The molecule has 0 aromatic rings. The average Bonchev–Trinajstić information content (AvgIpc) is 2.45. The molecule has 5 nitrogen and oxygen atoms in total. The van der Waals surface area contributed by atoms with E-state index in [2.05, 4.69) is 5.32 Å². The lowest BCUT2D eigenvalue weighted by Gasteiger charge is -2.41. The highest BCUT2D eigenvalue weighted by atomic mass is 16.5. The number of carbonyl (C=O) groups is 2. The van der Waals surface area contributed by atoms with E-state index in [0.717, 1.165) is 12.8 Å². The Morgan fingerprint density at radius 2 is 1.95 bits per heavy atom. The Hall–Kier alpha value is -1.10. The van der Waals surface area contributed by atoms with Crippen molar-refractivity contribution in [2.75, 3.05) is 13.7 Å². The molecule has 0 bridgehead atoms. The first-order chi connectivity index (χ1) is 9.46. The van der Waals surface area contributed by atoms with E-state index in [1.54, 1.807) is 12.0 Å². The summed E-state index contributed by atoms with van der Waals surface area (Å²) in [4.78, 5) is 26.7. The van der Waals surface area contributed by atoms with Gasteiger partial charge < -0.3 is 15.0 Å². The van der Waals surface area contributed by atoms with Crippen LogP contribution in [-0.2, 0) is 14.3 Å². The molecule has 0 spiro atoms. The topological polar surface area (TPSA) is 58.6 Å². The summed E-state index contributed by atoms with van der Waals surface area (Å²) in [6, 6.07) is -0.755. The number of carbonyl (C=O) groups excluding carboxylic acids is 2. The Labute approximate surface area is 122 Å². The molecule has 1 rings (SSSR count). The van der Waals surface area contributed by atoms with Crippen LogP contribution in [0.5, 0.6) is 0 Å². The van der Waals surface area contributed by atoms with Crippen molar-refractivity contribution in [3.8, 4) is 0 Å². The highest BCUT2D eigenvalue weighted by molar-refractivity contribution is 5.97. The van der Waals surface area contributed by atoms with Crippen molar-refractivity contribution in [3.05, 3.63) is 0 Å². The van der Waals surface area contributed by atoms with Gasteiger partial charge in [0.15, 0.2) is 0 Å². The van der Waals surface area contributed by atoms with Crippen molar-refractivity contribution in [1.29, 1.82) is 0 Å². The summed E-state index contributed by atoms with van der Waals surface area (Å²) < 4.78 is 5.26. The largest absolute Gasteiger partial charge is 0.380 e. The van der Waals surface area contributed by atoms with Gasteiger partial charge in [-0.05, 0) is 19.3 Å². The van der Waals surface area contributed by atoms with Gasteiger partial charge in [0.05, 0.1) is 6.10 Å². The standard InChI is InChI=1S/C15H28N2O3/c1-6-8-12-14(18)16-13(10(3)7-2)15(19)17(12)9-11(4)20-5/h10-13H,6-9H2,1-5H3,(H,16,18). The molecule has 1 fully saturated rings. The second kappa shape index (κ2) is 7.62. The fourth-order valence-corrected chi connectivity index (χ4v) is 2.54. The minimum atomic E-state index is -0.398. The number of hydrogen-bond acceptors (Lipinski definition) is 3. The van der Waals surface area contributed by atoms with Gasteiger partial charge in [0.25, 0.3) is 0 Å². The zero-order chi connectivity index (χ0) is 15.3.